The normalized spacial score (nSPS) is 10.8. The fourth-order valence-electron chi connectivity index (χ4n) is 0.972. The third-order valence-corrected chi connectivity index (χ3v) is 2.22. The summed E-state index contributed by atoms with van der Waals surface area (Å²) in [5, 5.41) is 0. The second-order valence-electron chi connectivity index (χ2n) is 3.01. The lowest BCUT2D eigenvalue weighted by molar-refractivity contribution is -0.143. The molecule has 0 saturated carbocycles. The second kappa shape index (κ2) is 7.26. The number of hydrogen-bond acceptors (Lipinski definition) is 5. The maximum Gasteiger partial charge on any atom is 0.410 e. The maximum atomic E-state index is 11.3. The zero-order chi connectivity index (χ0) is 13.5. The predicted octanol–water partition coefficient (Wildman–Crippen LogP) is 0.143. The Morgan fingerprint density at radius 2 is 1.71 bits per heavy atom. The van der Waals surface area contributed by atoms with Crippen molar-refractivity contribution in [1.82, 2.24) is 4.90 Å². The number of rotatable bonds is 6. The Morgan fingerprint density at radius 3 is 2.12 bits per heavy atom. The topological polar surface area (TPSA) is 113 Å². The van der Waals surface area contributed by atoms with Gasteiger partial charge >= 0.3 is 19.7 Å². The van der Waals surface area contributed by atoms with E-state index >= 15 is 0 Å². The molecule has 0 rings (SSSR count). The monoisotopic (exact) mass is 269 g/mol. The van der Waals surface area contributed by atoms with Gasteiger partial charge in [0.15, 0.2) is 0 Å². The Labute approximate surface area is 98.7 Å². The van der Waals surface area contributed by atoms with Crippen LogP contribution in [0.1, 0.15) is 13.8 Å². The van der Waals surface area contributed by atoms with Gasteiger partial charge in [0.2, 0.25) is 0 Å². The van der Waals surface area contributed by atoms with Crippen LogP contribution in [0.25, 0.3) is 0 Å². The Hall–Kier alpha value is -1.11. The molecule has 0 aliphatic carbocycles. The van der Waals surface area contributed by atoms with Gasteiger partial charge in [-0.15, -0.1) is 0 Å². The summed E-state index contributed by atoms with van der Waals surface area (Å²) < 4.78 is 19.9. The summed E-state index contributed by atoms with van der Waals surface area (Å²) in [6.07, 6.45) is -1.85. The van der Waals surface area contributed by atoms with Crippen molar-refractivity contribution in [3.63, 3.8) is 0 Å². The summed E-state index contributed by atoms with van der Waals surface area (Å²) in [4.78, 5) is 40.6. The number of ether oxygens (including phenoxy) is 2. The first-order valence-electron chi connectivity index (χ1n) is 4.92. The smallest absolute Gasteiger partial charge is 0.410 e. The number of carbonyl (C=O) groups is 2. The summed E-state index contributed by atoms with van der Waals surface area (Å²) in [5.74, 6) is -0.756. The van der Waals surface area contributed by atoms with Crippen LogP contribution >= 0.6 is 7.60 Å². The fraction of sp³-hybridized carbons (Fsp3) is 0.750. The summed E-state index contributed by atoms with van der Waals surface area (Å²) in [6, 6.07) is 0. The van der Waals surface area contributed by atoms with Gasteiger partial charge in [-0.05, 0) is 13.8 Å². The van der Waals surface area contributed by atoms with Crippen LogP contribution in [0.3, 0.4) is 0 Å². The third kappa shape index (κ3) is 7.73. The van der Waals surface area contributed by atoms with Crippen LogP contribution in [0.15, 0.2) is 0 Å². The molecule has 0 bridgehead atoms. The van der Waals surface area contributed by atoms with Crippen molar-refractivity contribution < 1.29 is 33.4 Å². The molecule has 1 amide bonds. The number of amides is 1. The summed E-state index contributed by atoms with van der Waals surface area (Å²) in [6.45, 7) is 2.72. The van der Waals surface area contributed by atoms with Crippen LogP contribution in [0.5, 0.6) is 0 Å². The highest BCUT2D eigenvalue weighted by molar-refractivity contribution is 7.51. The number of esters is 1. The van der Waals surface area contributed by atoms with Crippen LogP contribution in [0, 0.1) is 0 Å². The van der Waals surface area contributed by atoms with Gasteiger partial charge < -0.3 is 19.3 Å². The van der Waals surface area contributed by atoms with E-state index in [4.69, 9.17) is 9.79 Å². The van der Waals surface area contributed by atoms with E-state index in [1.165, 1.54) is 6.92 Å². The molecule has 0 aromatic rings. The summed E-state index contributed by atoms with van der Waals surface area (Å²) in [5.41, 5.74) is 0. The van der Waals surface area contributed by atoms with Crippen LogP contribution < -0.4 is 0 Å². The minimum Gasteiger partial charge on any atom is -0.465 e. The average molecular weight is 269 g/mol. The minimum absolute atomic E-state index is 0.0410. The van der Waals surface area contributed by atoms with Crippen LogP contribution in [0.2, 0.25) is 0 Å². The lowest BCUT2D eigenvalue weighted by Crippen LogP contribution is -2.37. The Balaban J connectivity index is 4.56. The zero-order valence-corrected chi connectivity index (χ0v) is 10.6. The molecule has 0 atom stereocenters. The van der Waals surface area contributed by atoms with Gasteiger partial charge in [-0.1, -0.05) is 0 Å². The minimum atomic E-state index is -4.46. The van der Waals surface area contributed by atoms with Crippen LogP contribution in [-0.4, -0.2) is 52.8 Å². The first kappa shape index (κ1) is 15.9. The molecule has 0 fully saturated rings. The van der Waals surface area contributed by atoms with E-state index < -0.39 is 32.5 Å². The van der Waals surface area contributed by atoms with E-state index in [-0.39, 0.29) is 13.2 Å². The third-order valence-electron chi connectivity index (χ3n) is 1.51. The molecular formula is C8H16NO7P. The molecule has 0 unspecified atom stereocenters. The molecule has 8 nitrogen and oxygen atoms in total. The van der Waals surface area contributed by atoms with E-state index in [9.17, 15) is 14.2 Å². The fourth-order valence-corrected chi connectivity index (χ4v) is 1.63. The van der Waals surface area contributed by atoms with Crippen molar-refractivity contribution >= 4 is 19.7 Å². The first-order valence-corrected chi connectivity index (χ1v) is 6.71. The van der Waals surface area contributed by atoms with Gasteiger partial charge in [0, 0.05) is 0 Å². The molecule has 0 heterocycles. The lowest BCUT2D eigenvalue weighted by atomic mass is 10.6. The van der Waals surface area contributed by atoms with E-state index in [0.29, 0.717) is 4.90 Å². The number of carbonyl (C=O) groups excluding carboxylic acids is 2. The molecule has 0 aliphatic heterocycles. The summed E-state index contributed by atoms with van der Waals surface area (Å²) in [7, 11) is -4.46. The van der Waals surface area contributed by atoms with Crippen molar-refractivity contribution in [3.05, 3.63) is 0 Å². The van der Waals surface area contributed by atoms with Gasteiger partial charge in [0.05, 0.1) is 13.2 Å². The average Bonchev–Trinajstić information content (AvgIpc) is 2.15. The maximum absolute atomic E-state index is 11.3. The molecule has 9 heteroatoms. The molecule has 0 spiro atoms. The molecule has 17 heavy (non-hydrogen) atoms. The predicted molar refractivity (Wildman–Crippen MR) is 57.3 cm³/mol. The largest absolute Gasteiger partial charge is 0.465 e. The molecule has 0 aliphatic rings. The van der Waals surface area contributed by atoms with Crippen molar-refractivity contribution in [1.29, 1.82) is 0 Å². The highest BCUT2D eigenvalue weighted by atomic mass is 31.2. The van der Waals surface area contributed by atoms with Crippen molar-refractivity contribution in [2.75, 3.05) is 26.0 Å². The molecule has 0 radical (unpaired) electrons. The van der Waals surface area contributed by atoms with Gasteiger partial charge in [-0.25, -0.2) is 4.79 Å². The van der Waals surface area contributed by atoms with Crippen molar-refractivity contribution in [3.8, 4) is 0 Å². The molecule has 0 aromatic carbocycles. The second-order valence-corrected chi connectivity index (χ2v) is 4.62. The van der Waals surface area contributed by atoms with Crippen molar-refractivity contribution in [2.45, 2.75) is 13.8 Å². The van der Waals surface area contributed by atoms with E-state index in [1.54, 1.807) is 6.92 Å². The quantitative estimate of drug-likeness (QED) is 0.521. The van der Waals surface area contributed by atoms with Gasteiger partial charge in [0.25, 0.3) is 0 Å². The summed E-state index contributed by atoms with van der Waals surface area (Å²) >= 11 is 0. The van der Waals surface area contributed by atoms with Gasteiger partial charge in [0.1, 0.15) is 12.8 Å². The van der Waals surface area contributed by atoms with E-state index in [0.717, 1.165) is 0 Å². The highest BCUT2D eigenvalue weighted by Gasteiger charge is 2.26. The number of nitrogens with zero attached hydrogens (tertiary/aromatic N) is 1. The lowest BCUT2D eigenvalue weighted by Gasteiger charge is -2.20. The number of hydrogen-bond donors (Lipinski definition) is 2. The van der Waals surface area contributed by atoms with Gasteiger partial charge in [-0.3, -0.25) is 14.3 Å². The molecule has 2 N–H and O–H groups in total. The molecule has 100 valence electrons. The zero-order valence-electron chi connectivity index (χ0n) is 9.66. The Kier molecular flexibility index (Phi) is 6.79. The van der Waals surface area contributed by atoms with Gasteiger partial charge in [-0.2, -0.15) is 0 Å². The Bertz CT molecular complexity index is 313. The Morgan fingerprint density at radius 1 is 1.18 bits per heavy atom. The van der Waals surface area contributed by atoms with Crippen LogP contribution in [-0.2, 0) is 18.8 Å². The van der Waals surface area contributed by atoms with E-state index in [1.807, 2.05) is 0 Å². The highest BCUT2D eigenvalue weighted by Crippen LogP contribution is 2.35. The van der Waals surface area contributed by atoms with Crippen LogP contribution in [0.4, 0.5) is 4.79 Å². The molecule has 0 aromatic heterocycles. The molecule has 0 saturated heterocycles. The SMILES string of the molecule is CCOC(=O)CN(CP(=O)(O)O)C(=O)OCC. The first-order chi connectivity index (χ1) is 7.80. The standard InChI is InChI=1S/C8H16NO7P/c1-3-15-7(10)5-9(6-17(12,13)14)8(11)16-4-2/h3-6H2,1-2H3,(H2,12,13,14). The van der Waals surface area contributed by atoms with Crippen molar-refractivity contribution in [2.24, 2.45) is 0 Å². The van der Waals surface area contributed by atoms with E-state index in [2.05, 4.69) is 9.47 Å². The molecular weight excluding hydrogens is 253 g/mol.